The quantitative estimate of drug-likeness (QED) is 0.809. The molecule has 0 bridgehead atoms. The number of hydrogen-bond acceptors (Lipinski definition) is 4. The molecule has 1 aliphatic rings. The van der Waals surface area contributed by atoms with E-state index in [0.717, 1.165) is 23.7 Å². The van der Waals surface area contributed by atoms with Gasteiger partial charge in [0.05, 0.1) is 5.69 Å². The van der Waals surface area contributed by atoms with Crippen molar-refractivity contribution in [2.45, 2.75) is 58.1 Å². The minimum atomic E-state index is 0.160. The monoisotopic (exact) mass is 240 g/mol. The maximum absolute atomic E-state index is 6.12. The van der Waals surface area contributed by atoms with E-state index in [1.54, 1.807) is 11.3 Å². The average molecular weight is 240 g/mol. The zero-order chi connectivity index (χ0) is 11.5. The smallest absolute Gasteiger partial charge is 0.273 e. The summed E-state index contributed by atoms with van der Waals surface area (Å²) >= 11 is 1.63. The molecule has 2 rings (SSSR count). The van der Waals surface area contributed by atoms with Gasteiger partial charge in [0.25, 0.3) is 5.19 Å². The predicted octanol–water partition coefficient (Wildman–Crippen LogP) is 2.80. The molecular formula is C12H20N2OS. The Hall–Kier alpha value is -0.610. The first kappa shape index (κ1) is 11.9. The molecule has 0 radical (unpaired) electrons. The Balaban J connectivity index is 2.01. The van der Waals surface area contributed by atoms with Gasteiger partial charge in [-0.15, -0.1) is 0 Å². The molecule has 4 heteroatoms. The minimum Gasteiger partial charge on any atom is -0.465 e. The van der Waals surface area contributed by atoms with Gasteiger partial charge in [0.15, 0.2) is 0 Å². The van der Waals surface area contributed by atoms with Crippen molar-refractivity contribution in [2.75, 3.05) is 0 Å². The topological polar surface area (TPSA) is 48.1 Å². The summed E-state index contributed by atoms with van der Waals surface area (Å²) in [4.78, 5) is 5.64. The largest absolute Gasteiger partial charge is 0.465 e. The van der Waals surface area contributed by atoms with Gasteiger partial charge in [0.1, 0.15) is 6.10 Å². The Morgan fingerprint density at radius 1 is 1.25 bits per heavy atom. The molecule has 2 N–H and O–H groups in total. The Morgan fingerprint density at radius 3 is 2.69 bits per heavy atom. The summed E-state index contributed by atoms with van der Waals surface area (Å²) in [6.07, 6.45) is 6.04. The second-order valence-electron chi connectivity index (χ2n) is 4.58. The van der Waals surface area contributed by atoms with Crippen LogP contribution < -0.4 is 10.5 Å². The zero-order valence-corrected chi connectivity index (χ0v) is 10.8. The van der Waals surface area contributed by atoms with Gasteiger partial charge in [-0.1, -0.05) is 24.2 Å². The van der Waals surface area contributed by atoms with Gasteiger partial charge in [-0.25, -0.2) is 4.98 Å². The molecule has 1 fully saturated rings. The standard InChI is InChI=1S/C12H20N2OS/c1-8-9(2)16-12(14-8)15-11-7-5-3-4-6-10(11)13/h10-11H,3-7,13H2,1-2H3. The van der Waals surface area contributed by atoms with E-state index < -0.39 is 0 Å². The van der Waals surface area contributed by atoms with Crippen LogP contribution in [0.15, 0.2) is 0 Å². The van der Waals surface area contributed by atoms with E-state index in [4.69, 9.17) is 10.5 Å². The molecule has 0 saturated heterocycles. The van der Waals surface area contributed by atoms with Crippen molar-refractivity contribution in [1.29, 1.82) is 0 Å². The van der Waals surface area contributed by atoms with Crippen molar-refractivity contribution in [1.82, 2.24) is 4.98 Å². The van der Waals surface area contributed by atoms with Crippen LogP contribution in [0.4, 0.5) is 0 Å². The molecular weight excluding hydrogens is 220 g/mol. The van der Waals surface area contributed by atoms with Gasteiger partial charge in [0, 0.05) is 10.9 Å². The van der Waals surface area contributed by atoms with Crippen LogP contribution in [-0.4, -0.2) is 17.1 Å². The first-order valence-electron chi connectivity index (χ1n) is 6.03. The summed E-state index contributed by atoms with van der Waals surface area (Å²) in [5, 5.41) is 0.789. The van der Waals surface area contributed by atoms with Gasteiger partial charge in [-0.3, -0.25) is 0 Å². The van der Waals surface area contributed by atoms with Gasteiger partial charge < -0.3 is 10.5 Å². The number of ether oxygens (including phenoxy) is 1. The van der Waals surface area contributed by atoms with Crippen LogP contribution in [0.2, 0.25) is 0 Å². The minimum absolute atomic E-state index is 0.160. The van der Waals surface area contributed by atoms with E-state index in [9.17, 15) is 0 Å². The second-order valence-corrected chi connectivity index (χ2v) is 5.75. The van der Waals surface area contributed by atoms with Crippen molar-refractivity contribution >= 4 is 11.3 Å². The fourth-order valence-corrected chi connectivity index (χ4v) is 2.88. The maximum atomic E-state index is 6.12. The van der Waals surface area contributed by atoms with Crippen LogP contribution in [0.3, 0.4) is 0 Å². The Labute approximate surface area is 101 Å². The highest BCUT2D eigenvalue weighted by molar-refractivity contribution is 7.13. The van der Waals surface area contributed by atoms with Crippen LogP contribution >= 0.6 is 11.3 Å². The lowest BCUT2D eigenvalue weighted by molar-refractivity contribution is 0.162. The average Bonchev–Trinajstić information content (AvgIpc) is 2.44. The molecule has 0 aliphatic heterocycles. The van der Waals surface area contributed by atoms with E-state index >= 15 is 0 Å². The van der Waals surface area contributed by atoms with Crippen LogP contribution in [0.5, 0.6) is 5.19 Å². The lowest BCUT2D eigenvalue weighted by Crippen LogP contribution is -2.37. The molecule has 2 atom stereocenters. The summed E-state index contributed by atoms with van der Waals surface area (Å²) in [7, 11) is 0. The highest BCUT2D eigenvalue weighted by Gasteiger charge is 2.23. The van der Waals surface area contributed by atoms with E-state index in [0.29, 0.717) is 0 Å². The van der Waals surface area contributed by atoms with Crippen LogP contribution in [0.1, 0.15) is 42.7 Å². The molecule has 0 spiro atoms. The molecule has 0 amide bonds. The Bertz CT molecular complexity index is 331. The van der Waals surface area contributed by atoms with E-state index in [1.807, 2.05) is 6.92 Å². The number of nitrogens with zero attached hydrogens (tertiary/aromatic N) is 1. The highest BCUT2D eigenvalue weighted by Crippen LogP contribution is 2.27. The summed E-state index contributed by atoms with van der Waals surface area (Å²) in [5.41, 5.74) is 7.20. The van der Waals surface area contributed by atoms with Crippen LogP contribution in [0.25, 0.3) is 0 Å². The molecule has 2 unspecified atom stereocenters. The van der Waals surface area contributed by atoms with Crippen molar-refractivity contribution in [3.05, 3.63) is 10.6 Å². The number of rotatable bonds is 2. The lowest BCUT2D eigenvalue weighted by Gasteiger charge is -2.20. The molecule has 90 valence electrons. The molecule has 1 aromatic heterocycles. The number of thiazole rings is 1. The first-order valence-corrected chi connectivity index (χ1v) is 6.84. The van der Waals surface area contributed by atoms with Gasteiger partial charge in [-0.2, -0.15) is 0 Å². The zero-order valence-electron chi connectivity index (χ0n) is 10.0. The SMILES string of the molecule is Cc1nc(OC2CCCCCC2N)sc1C. The summed E-state index contributed by atoms with van der Waals surface area (Å²) in [5.74, 6) is 0. The van der Waals surface area contributed by atoms with Crippen LogP contribution in [0, 0.1) is 13.8 Å². The highest BCUT2D eigenvalue weighted by atomic mass is 32.1. The summed E-state index contributed by atoms with van der Waals surface area (Å²) in [6, 6.07) is 0.173. The normalized spacial score (nSPS) is 26.4. The van der Waals surface area contributed by atoms with E-state index in [1.165, 1.54) is 24.1 Å². The fraction of sp³-hybridized carbons (Fsp3) is 0.750. The molecule has 3 nitrogen and oxygen atoms in total. The third-order valence-electron chi connectivity index (χ3n) is 3.26. The molecule has 1 saturated carbocycles. The number of hydrogen-bond donors (Lipinski definition) is 1. The van der Waals surface area contributed by atoms with Crippen molar-refractivity contribution in [2.24, 2.45) is 5.73 Å². The molecule has 0 aromatic carbocycles. The number of nitrogens with two attached hydrogens (primary N) is 1. The molecule has 16 heavy (non-hydrogen) atoms. The Morgan fingerprint density at radius 2 is 2.00 bits per heavy atom. The molecule has 1 aliphatic carbocycles. The van der Waals surface area contributed by atoms with E-state index in [2.05, 4.69) is 11.9 Å². The second kappa shape index (κ2) is 5.15. The third kappa shape index (κ3) is 2.74. The fourth-order valence-electron chi connectivity index (χ4n) is 2.07. The number of aryl methyl sites for hydroxylation is 2. The first-order chi connectivity index (χ1) is 7.66. The number of aromatic nitrogens is 1. The van der Waals surface area contributed by atoms with Gasteiger partial charge in [-0.05, 0) is 33.1 Å². The molecule has 1 aromatic rings. The van der Waals surface area contributed by atoms with Crippen molar-refractivity contribution in [3.8, 4) is 5.19 Å². The third-order valence-corrected chi connectivity index (χ3v) is 4.23. The summed E-state index contributed by atoms with van der Waals surface area (Å²) in [6.45, 7) is 4.10. The Kier molecular flexibility index (Phi) is 3.82. The van der Waals surface area contributed by atoms with Crippen molar-refractivity contribution < 1.29 is 4.74 Å². The van der Waals surface area contributed by atoms with Gasteiger partial charge >= 0.3 is 0 Å². The predicted molar refractivity (Wildman–Crippen MR) is 67.1 cm³/mol. The van der Waals surface area contributed by atoms with Gasteiger partial charge in [0.2, 0.25) is 0 Å². The summed E-state index contributed by atoms with van der Waals surface area (Å²) < 4.78 is 5.93. The lowest BCUT2D eigenvalue weighted by atomic mass is 10.1. The van der Waals surface area contributed by atoms with E-state index in [-0.39, 0.29) is 12.1 Å². The van der Waals surface area contributed by atoms with Crippen molar-refractivity contribution in [3.63, 3.8) is 0 Å². The molecule has 1 heterocycles. The maximum Gasteiger partial charge on any atom is 0.273 e. The van der Waals surface area contributed by atoms with Crippen LogP contribution in [-0.2, 0) is 0 Å².